The molecular formula is C23H21Cl2N3O. The molecule has 4 aromatic rings. The van der Waals surface area contributed by atoms with Gasteiger partial charge in [-0.05, 0) is 47.5 Å². The predicted molar refractivity (Wildman–Crippen MR) is 122 cm³/mol. The predicted octanol–water partition coefficient (Wildman–Crippen LogP) is 5.62. The monoisotopic (exact) mass is 425 g/mol. The molecule has 148 valence electrons. The summed E-state index contributed by atoms with van der Waals surface area (Å²) in [6.07, 6.45) is -0.694. The first-order valence-electron chi connectivity index (χ1n) is 9.33. The zero-order valence-electron chi connectivity index (χ0n) is 15.6. The molecule has 0 aliphatic carbocycles. The molecular weight excluding hydrogens is 405 g/mol. The summed E-state index contributed by atoms with van der Waals surface area (Å²) < 4.78 is 0. The van der Waals surface area contributed by atoms with Crippen molar-refractivity contribution in [1.82, 2.24) is 10.3 Å². The first kappa shape index (κ1) is 19.8. The van der Waals surface area contributed by atoms with E-state index in [1.54, 1.807) is 0 Å². The Balaban J connectivity index is 0.00000205. The summed E-state index contributed by atoms with van der Waals surface area (Å²) in [6.45, 7) is 1.35. The average molecular weight is 426 g/mol. The summed E-state index contributed by atoms with van der Waals surface area (Å²) in [5, 5.41) is 18.7. The number of aromatic nitrogens is 1. The van der Waals surface area contributed by atoms with Crippen LogP contribution in [0, 0.1) is 0 Å². The molecule has 0 amide bonds. The Morgan fingerprint density at radius 3 is 2.69 bits per heavy atom. The minimum atomic E-state index is -0.694. The van der Waals surface area contributed by atoms with E-state index in [9.17, 15) is 5.11 Å². The molecule has 4 N–H and O–H groups in total. The molecule has 1 atom stereocenters. The average Bonchev–Trinajstić information content (AvgIpc) is 3.32. The largest absolute Gasteiger partial charge is 0.381 e. The fourth-order valence-corrected chi connectivity index (χ4v) is 4.09. The Morgan fingerprint density at radius 2 is 1.86 bits per heavy atom. The normalized spacial score (nSPS) is 15.2. The third-order valence-electron chi connectivity index (χ3n) is 5.29. The van der Waals surface area contributed by atoms with Crippen LogP contribution in [0.2, 0.25) is 5.02 Å². The van der Waals surface area contributed by atoms with E-state index in [0.717, 1.165) is 45.5 Å². The highest BCUT2D eigenvalue weighted by Crippen LogP contribution is 2.38. The van der Waals surface area contributed by atoms with Crippen LogP contribution in [0.3, 0.4) is 0 Å². The van der Waals surface area contributed by atoms with Gasteiger partial charge in [0.15, 0.2) is 0 Å². The third kappa shape index (κ3) is 3.72. The Labute approximate surface area is 180 Å². The van der Waals surface area contributed by atoms with Crippen LogP contribution in [-0.4, -0.2) is 10.1 Å². The lowest BCUT2D eigenvalue weighted by Gasteiger charge is -2.11. The number of halogens is 2. The number of aliphatic hydroxyl groups is 1. The topological polar surface area (TPSA) is 60.1 Å². The fraction of sp³-hybridized carbons (Fsp3) is 0.130. The molecule has 0 saturated heterocycles. The van der Waals surface area contributed by atoms with Crippen molar-refractivity contribution in [3.8, 4) is 11.3 Å². The summed E-state index contributed by atoms with van der Waals surface area (Å²) in [5.74, 6) is 0. The van der Waals surface area contributed by atoms with E-state index >= 15 is 0 Å². The number of aromatic amines is 1. The lowest BCUT2D eigenvalue weighted by atomic mass is 10.00. The molecule has 1 aliphatic heterocycles. The number of para-hydroxylation sites is 1. The van der Waals surface area contributed by atoms with Gasteiger partial charge in [0.2, 0.25) is 0 Å². The van der Waals surface area contributed by atoms with Crippen molar-refractivity contribution in [2.24, 2.45) is 0 Å². The SMILES string of the molecule is Cl.OC1NCc2c(Cl)ccc(-c3cc4cc(CNc5ccccc5)ccc4[nH]3)c21. The lowest BCUT2D eigenvalue weighted by Crippen LogP contribution is -2.10. The molecule has 1 aliphatic rings. The second-order valence-corrected chi connectivity index (χ2v) is 7.50. The second kappa shape index (κ2) is 8.09. The van der Waals surface area contributed by atoms with E-state index in [1.807, 2.05) is 30.3 Å². The zero-order chi connectivity index (χ0) is 19.1. The standard InChI is InChI=1S/C23H20ClN3O.ClH/c24-19-8-7-17(22-18(19)13-26-23(22)28)21-11-15-10-14(6-9-20(15)27-21)12-25-16-4-2-1-3-5-16;/h1-11,23,25-28H,12-13H2;1H. The van der Waals surface area contributed by atoms with Crippen molar-refractivity contribution in [2.75, 3.05) is 5.32 Å². The van der Waals surface area contributed by atoms with E-state index in [-0.39, 0.29) is 12.4 Å². The highest BCUT2D eigenvalue weighted by molar-refractivity contribution is 6.31. The molecule has 5 rings (SSSR count). The molecule has 1 aromatic heterocycles. The van der Waals surface area contributed by atoms with Crippen molar-refractivity contribution in [3.63, 3.8) is 0 Å². The number of fused-ring (bicyclic) bond motifs is 2. The fourth-order valence-electron chi connectivity index (χ4n) is 3.86. The van der Waals surface area contributed by atoms with Crippen LogP contribution in [-0.2, 0) is 13.1 Å². The first-order chi connectivity index (χ1) is 13.7. The maximum atomic E-state index is 10.4. The van der Waals surface area contributed by atoms with Crippen LogP contribution >= 0.6 is 24.0 Å². The molecule has 1 unspecified atom stereocenters. The summed E-state index contributed by atoms with van der Waals surface area (Å²) in [7, 11) is 0. The minimum Gasteiger partial charge on any atom is -0.381 e. The molecule has 0 bridgehead atoms. The van der Waals surface area contributed by atoms with E-state index in [4.69, 9.17) is 11.6 Å². The van der Waals surface area contributed by atoms with Crippen molar-refractivity contribution in [1.29, 1.82) is 0 Å². The highest BCUT2D eigenvalue weighted by Gasteiger charge is 2.26. The Kier molecular flexibility index (Phi) is 5.52. The van der Waals surface area contributed by atoms with Crippen molar-refractivity contribution in [3.05, 3.63) is 88.4 Å². The van der Waals surface area contributed by atoms with Crippen LogP contribution in [0.1, 0.15) is 22.9 Å². The van der Waals surface area contributed by atoms with Crippen LogP contribution in [0.15, 0.2) is 66.7 Å². The smallest absolute Gasteiger partial charge is 0.132 e. The number of anilines is 1. The van der Waals surface area contributed by atoms with Gasteiger partial charge in [-0.25, -0.2) is 0 Å². The van der Waals surface area contributed by atoms with Crippen molar-refractivity contribution in [2.45, 2.75) is 19.3 Å². The molecule has 6 heteroatoms. The summed E-state index contributed by atoms with van der Waals surface area (Å²) >= 11 is 6.31. The van der Waals surface area contributed by atoms with Crippen LogP contribution in [0.4, 0.5) is 5.69 Å². The first-order valence-corrected chi connectivity index (χ1v) is 9.70. The Bertz CT molecular complexity index is 1160. The molecule has 0 saturated carbocycles. The number of hydrogen-bond donors (Lipinski definition) is 4. The van der Waals surface area contributed by atoms with Gasteiger partial charge >= 0.3 is 0 Å². The quantitative estimate of drug-likeness (QED) is 0.343. The zero-order valence-corrected chi connectivity index (χ0v) is 17.1. The van der Waals surface area contributed by atoms with Crippen LogP contribution in [0.5, 0.6) is 0 Å². The molecule has 0 spiro atoms. The minimum absolute atomic E-state index is 0. The van der Waals surface area contributed by atoms with Gasteiger partial charge in [0.25, 0.3) is 0 Å². The van der Waals surface area contributed by atoms with Gasteiger partial charge in [0, 0.05) is 51.5 Å². The number of rotatable bonds is 4. The van der Waals surface area contributed by atoms with E-state index in [0.29, 0.717) is 11.6 Å². The van der Waals surface area contributed by atoms with Crippen LogP contribution in [0.25, 0.3) is 22.2 Å². The van der Waals surface area contributed by atoms with Crippen molar-refractivity contribution < 1.29 is 5.11 Å². The van der Waals surface area contributed by atoms with Gasteiger partial charge in [-0.1, -0.05) is 41.9 Å². The van der Waals surface area contributed by atoms with Gasteiger partial charge in [-0.15, -0.1) is 12.4 Å². The number of H-pyrrole nitrogens is 1. The lowest BCUT2D eigenvalue weighted by molar-refractivity contribution is 0.152. The Morgan fingerprint density at radius 1 is 1.03 bits per heavy atom. The Hall–Kier alpha value is -2.50. The molecule has 0 radical (unpaired) electrons. The molecule has 29 heavy (non-hydrogen) atoms. The van der Waals surface area contributed by atoms with Gasteiger partial charge in [0.05, 0.1) is 0 Å². The highest BCUT2D eigenvalue weighted by atomic mass is 35.5. The maximum Gasteiger partial charge on any atom is 0.132 e. The van der Waals surface area contributed by atoms with Gasteiger partial charge in [-0.3, -0.25) is 5.32 Å². The van der Waals surface area contributed by atoms with Crippen molar-refractivity contribution >= 4 is 40.6 Å². The third-order valence-corrected chi connectivity index (χ3v) is 5.65. The summed E-state index contributed by atoms with van der Waals surface area (Å²) in [4.78, 5) is 3.48. The van der Waals surface area contributed by atoms with Gasteiger partial charge in [0.1, 0.15) is 6.23 Å². The molecule has 4 nitrogen and oxygen atoms in total. The number of benzene rings is 3. The van der Waals surface area contributed by atoms with E-state index in [1.165, 1.54) is 5.56 Å². The number of nitrogens with one attached hydrogen (secondary N) is 3. The van der Waals surface area contributed by atoms with Gasteiger partial charge < -0.3 is 15.4 Å². The summed E-state index contributed by atoms with van der Waals surface area (Å²) in [6, 6.07) is 22.6. The molecule has 3 aromatic carbocycles. The van der Waals surface area contributed by atoms with E-state index < -0.39 is 6.23 Å². The van der Waals surface area contributed by atoms with E-state index in [2.05, 4.69) is 52.0 Å². The second-order valence-electron chi connectivity index (χ2n) is 7.09. The van der Waals surface area contributed by atoms with Crippen LogP contribution < -0.4 is 10.6 Å². The molecule has 2 heterocycles. The number of hydrogen-bond acceptors (Lipinski definition) is 3. The maximum absolute atomic E-state index is 10.4. The number of aliphatic hydroxyl groups excluding tert-OH is 1. The summed E-state index contributed by atoms with van der Waals surface area (Å²) in [5.41, 5.74) is 7.20. The molecule has 0 fully saturated rings. The van der Waals surface area contributed by atoms with Gasteiger partial charge in [-0.2, -0.15) is 0 Å².